The van der Waals surface area contributed by atoms with Crippen LogP contribution in [-0.4, -0.2) is 89.9 Å². The number of amides is 1. The molecular formula is C33H34FN7O2S. The molecule has 11 heteroatoms. The predicted octanol–water partition coefficient (Wildman–Crippen LogP) is 4.94. The first-order valence-corrected chi connectivity index (χ1v) is 15.9. The molecule has 9 nitrogen and oxygen atoms in total. The number of rotatable bonds is 7. The lowest BCUT2D eigenvalue weighted by Crippen LogP contribution is -2.56. The third-order valence-corrected chi connectivity index (χ3v) is 10.1. The van der Waals surface area contributed by atoms with Crippen LogP contribution in [0, 0.1) is 23.7 Å². The molecule has 3 aromatic rings. The fraction of sp³-hybridized carbons (Fsp3) is 0.424. The molecule has 3 aliphatic rings. The first-order valence-electron chi connectivity index (χ1n) is 15.0. The van der Waals surface area contributed by atoms with Crippen molar-refractivity contribution in [1.29, 1.82) is 5.26 Å². The topological polar surface area (TPSA) is 90.0 Å². The summed E-state index contributed by atoms with van der Waals surface area (Å²) in [6, 6.07) is 7.96. The van der Waals surface area contributed by atoms with Crippen LogP contribution in [0.25, 0.3) is 27.0 Å². The fourth-order valence-electron chi connectivity index (χ4n) is 6.54. The average Bonchev–Trinajstić information content (AvgIpc) is 3.47. The monoisotopic (exact) mass is 611 g/mol. The highest BCUT2D eigenvalue weighted by Crippen LogP contribution is 2.42. The summed E-state index contributed by atoms with van der Waals surface area (Å²) in [5.41, 5.74) is 2.91. The minimum absolute atomic E-state index is 0.0853. The van der Waals surface area contributed by atoms with Gasteiger partial charge in [0.25, 0.3) is 0 Å². The Morgan fingerprint density at radius 2 is 2.18 bits per heavy atom. The first kappa shape index (κ1) is 29.9. The molecule has 1 amide bonds. The van der Waals surface area contributed by atoms with Gasteiger partial charge in [0.05, 0.1) is 5.69 Å². The summed E-state index contributed by atoms with van der Waals surface area (Å²) < 4.78 is 22.9. The largest absolute Gasteiger partial charge is 0.475 e. The highest BCUT2D eigenvalue weighted by molar-refractivity contribution is 7.99. The van der Waals surface area contributed by atoms with E-state index in [4.69, 9.17) is 11.3 Å². The van der Waals surface area contributed by atoms with Gasteiger partial charge in [-0.3, -0.25) is 9.78 Å². The molecule has 5 heterocycles. The van der Waals surface area contributed by atoms with Gasteiger partial charge in [0.1, 0.15) is 35.5 Å². The van der Waals surface area contributed by atoms with Crippen LogP contribution < -0.4 is 9.64 Å². The van der Waals surface area contributed by atoms with Crippen LogP contribution in [0.5, 0.6) is 5.88 Å². The lowest BCUT2D eigenvalue weighted by molar-refractivity contribution is -0.128. The number of thioether (sulfide) groups is 1. The summed E-state index contributed by atoms with van der Waals surface area (Å²) in [4.78, 5) is 32.3. The number of hydrogen-bond donors (Lipinski definition) is 0. The van der Waals surface area contributed by atoms with Gasteiger partial charge in [0.2, 0.25) is 18.3 Å². The second kappa shape index (κ2) is 12.8. The Kier molecular flexibility index (Phi) is 8.69. The van der Waals surface area contributed by atoms with Gasteiger partial charge in [-0.2, -0.15) is 5.26 Å². The zero-order valence-corrected chi connectivity index (χ0v) is 25.6. The molecular weight excluding hydrogens is 577 g/mol. The van der Waals surface area contributed by atoms with E-state index >= 15 is 4.39 Å². The number of hydrogen-bond acceptors (Lipinski definition) is 8. The van der Waals surface area contributed by atoms with Gasteiger partial charge in [-0.25, -0.2) is 15.9 Å². The van der Waals surface area contributed by atoms with E-state index in [2.05, 4.69) is 38.4 Å². The van der Waals surface area contributed by atoms with E-state index in [9.17, 15) is 10.1 Å². The van der Waals surface area contributed by atoms with Gasteiger partial charge in [-0.15, -0.1) is 11.8 Å². The zero-order chi connectivity index (χ0) is 30.8. The van der Waals surface area contributed by atoms with Crippen LogP contribution in [0.2, 0.25) is 0 Å². The molecule has 1 aromatic carbocycles. The van der Waals surface area contributed by atoms with Gasteiger partial charge in [-0.1, -0.05) is 24.8 Å². The number of pyridine rings is 2. The second-order valence-electron chi connectivity index (χ2n) is 11.4. The number of nitrogens with zero attached hydrogens (tertiary/aromatic N) is 7. The SMILES string of the molecule is [C-]#[N+]C[C@H]1CN(c2c(C#N)c(OC[C@@H]3CCCN3C)nc3c(F)c(-c4cccc5c4SCCC5)ncc23)CCN1C(=O)C=C. The highest BCUT2D eigenvalue weighted by Gasteiger charge is 2.35. The van der Waals surface area contributed by atoms with Crippen LogP contribution >= 0.6 is 11.8 Å². The molecule has 2 aromatic heterocycles. The number of aromatic nitrogens is 2. The third-order valence-electron chi connectivity index (χ3n) is 8.86. The van der Waals surface area contributed by atoms with Crippen molar-refractivity contribution in [3.63, 3.8) is 0 Å². The number of ether oxygens (including phenoxy) is 1. The maximum Gasteiger partial charge on any atom is 0.246 e. The molecule has 3 aliphatic heterocycles. The summed E-state index contributed by atoms with van der Waals surface area (Å²) >= 11 is 1.72. The van der Waals surface area contributed by atoms with Gasteiger partial charge in [0, 0.05) is 47.7 Å². The van der Waals surface area contributed by atoms with Crippen molar-refractivity contribution < 1.29 is 13.9 Å². The van der Waals surface area contributed by atoms with E-state index in [-0.39, 0.29) is 47.7 Å². The zero-order valence-electron chi connectivity index (χ0n) is 24.8. The van der Waals surface area contributed by atoms with Crippen LogP contribution in [0.4, 0.5) is 10.1 Å². The van der Waals surface area contributed by atoms with Gasteiger partial charge >= 0.3 is 0 Å². The van der Waals surface area contributed by atoms with Crippen LogP contribution in [0.15, 0.2) is 41.9 Å². The molecule has 2 atom stereocenters. The van der Waals surface area contributed by atoms with Crippen molar-refractivity contribution in [1.82, 2.24) is 19.8 Å². The summed E-state index contributed by atoms with van der Waals surface area (Å²) in [6.07, 6.45) is 6.90. The quantitative estimate of drug-likeness (QED) is 0.274. The predicted molar refractivity (Wildman–Crippen MR) is 169 cm³/mol. The van der Waals surface area contributed by atoms with Crippen molar-refractivity contribution in [2.24, 2.45) is 0 Å². The Morgan fingerprint density at radius 1 is 1.32 bits per heavy atom. The lowest BCUT2D eigenvalue weighted by Gasteiger charge is -2.40. The number of likely N-dealkylation sites (N-methyl/N-ethyl adjacent to an activating group) is 1. The van der Waals surface area contributed by atoms with Crippen LogP contribution in [0.3, 0.4) is 0 Å². The molecule has 44 heavy (non-hydrogen) atoms. The Bertz CT molecular complexity index is 1700. The Hall–Kier alpha value is -4.19. The Labute approximate surface area is 261 Å². The van der Waals surface area contributed by atoms with Gasteiger partial charge in [-0.05, 0) is 56.7 Å². The van der Waals surface area contributed by atoms with E-state index in [1.54, 1.807) is 22.9 Å². The molecule has 0 radical (unpaired) electrons. The standard InChI is InChI=1S/C33H34FN7O2S/c1-4-27(42)41-14-13-40(19-23(41)17-36-2)31-25(16-35)33(43-20-22-10-6-12-39(22)3)38-30-26(31)18-37-29(28(30)34)24-11-5-8-21-9-7-15-44-32(21)24/h4-5,8,11,18,22-23H,1,6-7,9-10,12-15,17,19-20H2,3H3/t22-,23-/m0/s1. The molecule has 0 bridgehead atoms. The van der Waals surface area contributed by atoms with Crippen molar-refractivity contribution in [3.05, 3.63) is 65.4 Å². The number of fused-ring (bicyclic) bond motifs is 2. The maximum absolute atomic E-state index is 16.7. The number of carbonyl (C=O) groups excluding carboxylic acids is 1. The summed E-state index contributed by atoms with van der Waals surface area (Å²) in [5, 5.41) is 10.9. The summed E-state index contributed by atoms with van der Waals surface area (Å²) in [5.74, 6) is 0.243. The molecule has 0 N–H and O–H groups in total. The molecule has 0 aliphatic carbocycles. The van der Waals surface area contributed by atoms with Crippen molar-refractivity contribution in [2.75, 3.05) is 57.0 Å². The van der Waals surface area contributed by atoms with Crippen LogP contribution in [-0.2, 0) is 11.2 Å². The number of anilines is 1. The average molecular weight is 612 g/mol. The third kappa shape index (κ3) is 5.47. The van der Waals surface area contributed by atoms with E-state index in [0.717, 1.165) is 48.4 Å². The Morgan fingerprint density at radius 3 is 2.93 bits per heavy atom. The van der Waals surface area contributed by atoms with E-state index < -0.39 is 11.9 Å². The Balaban J connectivity index is 1.49. The molecule has 2 fully saturated rings. The van der Waals surface area contributed by atoms with Gasteiger partial charge < -0.3 is 24.3 Å². The summed E-state index contributed by atoms with van der Waals surface area (Å²) in [7, 11) is 2.04. The number of nitriles is 1. The van der Waals surface area contributed by atoms with Gasteiger partial charge in [0.15, 0.2) is 5.82 Å². The second-order valence-corrected chi connectivity index (χ2v) is 12.6. The number of likely N-dealkylation sites (tertiary alicyclic amines) is 1. The number of carbonyl (C=O) groups is 1. The lowest BCUT2D eigenvalue weighted by atomic mass is 10.0. The highest BCUT2D eigenvalue weighted by atomic mass is 32.2. The normalized spacial score (nSPS) is 20.2. The van der Waals surface area contributed by atoms with E-state index in [0.29, 0.717) is 30.8 Å². The number of aryl methyl sites for hydroxylation is 1. The minimum atomic E-state index is -0.561. The van der Waals surface area contributed by atoms with Crippen molar-refractivity contribution in [2.45, 2.75) is 42.7 Å². The fourth-order valence-corrected chi connectivity index (χ4v) is 7.71. The summed E-state index contributed by atoms with van der Waals surface area (Å²) in [6.45, 7) is 13.5. The van der Waals surface area contributed by atoms with Crippen molar-refractivity contribution in [3.8, 4) is 23.2 Å². The number of piperazine rings is 1. The smallest absolute Gasteiger partial charge is 0.246 e. The molecule has 2 saturated heterocycles. The molecule has 226 valence electrons. The van der Waals surface area contributed by atoms with E-state index in [1.807, 2.05) is 24.1 Å². The maximum atomic E-state index is 16.7. The van der Waals surface area contributed by atoms with Crippen molar-refractivity contribution >= 4 is 34.3 Å². The number of benzene rings is 1. The number of halogens is 1. The molecule has 0 spiro atoms. The molecule has 0 saturated carbocycles. The van der Waals surface area contributed by atoms with E-state index in [1.165, 1.54) is 11.6 Å². The minimum Gasteiger partial charge on any atom is -0.475 e. The van der Waals surface area contributed by atoms with Crippen LogP contribution in [0.1, 0.15) is 30.4 Å². The molecule has 0 unspecified atom stereocenters. The first-order chi connectivity index (χ1) is 21.4. The molecule has 6 rings (SSSR count).